The molecule has 0 unspecified atom stereocenters. The van der Waals surface area contributed by atoms with Gasteiger partial charge in [0.25, 0.3) is 0 Å². The molecule has 1 aromatic heterocycles. The molecule has 1 N–H and O–H groups in total. The van der Waals surface area contributed by atoms with E-state index in [9.17, 15) is 0 Å². The van der Waals surface area contributed by atoms with E-state index in [1.807, 2.05) is 38.5 Å². The summed E-state index contributed by atoms with van der Waals surface area (Å²) >= 11 is 3.46. The number of pyridine rings is 1. The highest BCUT2D eigenvalue weighted by Gasteiger charge is 2.10. The first-order valence-corrected chi connectivity index (χ1v) is 6.59. The van der Waals surface area contributed by atoms with Gasteiger partial charge in [-0.2, -0.15) is 0 Å². The molecule has 3 nitrogen and oxygen atoms in total. The third kappa shape index (κ3) is 2.89. The van der Waals surface area contributed by atoms with Gasteiger partial charge in [0.05, 0.1) is 0 Å². The maximum Gasteiger partial charge on any atom is 0.137 e. The van der Waals surface area contributed by atoms with E-state index in [4.69, 9.17) is 0 Å². The third-order valence-electron chi connectivity index (χ3n) is 2.74. The fraction of sp³-hybridized carbons (Fsp3) is 0.214. The topological polar surface area (TPSA) is 28.2 Å². The predicted octanol–water partition coefficient (Wildman–Crippen LogP) is 3.33. The molecular weight excluding hydrogens is 290 g/mol. The average molecular weight is 306 g/mol. The quantitative estimate of drug-likeness (QED) is 0.939. The summed E-state index contributed by atoms with van der Waals surface area (Å²) in [5.74, 6) is 0.971. The molecule has 4 heteroatoms. The van der Waals surface area contributed by atoms with Crippen molar-refractivity contribution in [1.82, 2.24) is 10.3 Å². The number of rotatable bonds is 4. The lowest BCUT2D eigenvalue weighted by atomic mass is 10.2. The van der Waals surface area contributed by atoms with Gasteiger partial charge < -0.3 is 10.2 Å². The highest BCUT2D eigenvalue weighted by molar-refractivity contribution is 9.10. The van der Waals surface area contributed by atoms with Crippen molar-refractivity contribution in [3.8, 4) is 0 Å². The van der Waals surface area contributed by atoms with Crippen molar-refractivity contribution in [1.29, 1.82) is 0 Å². The predicted molar refractivity (Wildman–Crippen MR) is 79.2 cm³/mol. The number of hydrogen-bond donors (Lipinski definition) is 1. The lowest BCUT2D eigenvalue weighted by molar-refractivity contribution is 0.809. The Labute approximate surface area is 116 Å². The average Bonchev–Trinajstić information content (AvgIpc) is 2.40. The van der Waals surface area contributed by atoms with Gasteiger partial charge in [0.2, 0.25) is 0 Å². The van der Waals surface area contributed by atoms with E-state index in [0.29, 0.717) is 0 Å². The van der Waals surface area contributed by atoms with Crippen LogP contribution in [0.2, 0.25) is 0 Å². The first kappa shape index (κ1) is 13.1. The summed E-state index contributed by atoms with van der Waals surface area (Å²) in [7, 11) is 3.97. The molecule has 0 saturated carbocycles. The minimum Gasteiger partial charge on any atom is -0.329 e. The lowest BCUT2D eigenvalue weighted by Gasteiger charge is -2.21. The Morgan fingerprint density at radius 3 is 2.67 bits per heavy atom. The normalized spacial score (nSPS) is 10.4. The Morgan fingerprint density at radius 2 is 2.00 bits per heavy atom. The van der Waals surface area contributed by atoms with E-state index in [-0.39, 0.29) is 0 Å². The summed E-state index contributed by atoms with van der Waals surface area (Å²) in [4.78, 5) is 6.61. The van der Waals surface area contributed by atoms with Gasteiger partial charge in [-0.1, -0.05) is 18.2 Å². The maximum absolute atomic E-state index is 4.51. The van der Waals surface area contributed by atoms with E-state index in [1.165, 1.54) is 5.56 Å². The number of anilines is 2. The SMILES string of the molecule is CNCc1cc(Br)cnc1N(C)c1ccccc1. The monoisotopic (exact) mass is 305 g/mol. The summed E-state index contributed by atoms with van der Waals surface area (Å²) in [6.45, 7) is 0.791. The van der Waals surface area contributed by atoms with Crippen LogP contribution in [0, 0.1) is 0 Å². The second kappa shape index (κ2) is 5.98. The van der Waals surface area contributed by atoms with Gasteiger partial charge in [0.1, 0.15) is 5.82 Å². The van der Waals surface area contributed by atoms with Crippen molar-refractivity contribution in [3.05, 3.63) is 52.6 Å². The number of halogens is 1. The standard InChI is InChI=1S/C14H16BrN3/c1-16-9-11-8-12(15)10-17-14(11)18(2)13-6-4-3-5-7-13/h3-8,10,16H,9H2,1-2H3. The Hall–Kier alpha value is -1.39. The van der Waals surface area contributed by atoms with Crippen molar-refractivity contribution >= 4 is 27.4 Å². The molecule has 0 atom stereocenters. The van der Waals surface area contributed by atoms with Gasteiger partial charge >= 0.3 is 0 Å². The minimum atomic E-state index is 0.791. The molecule has 0 saturated heterocycles. The Bertz CT molecular complexity index is 514. The molecule has 18 heavy (non-hydrogen) atoms. The highest BCUT2D eigenvalue weighted by atomic mass is 79.9. The molecule has 1 aromatic carbocycles. The molecule has 0 radical (unpaired) electrons. The Morgan fingerprint density at radius 1 is 1.28 bits per heavy atom. The Balaban J connectivity index is 2.38. The van der Waals surface area contributed by atoms with Crippen molar-refractivity contribution in [3.63, 3.8) is 0 Å². The van der Waals surface area contributed by atoms with Gasteiger partial charge in [-0.15, -0.1) is 0 Å². The van der Waals surface area contributed by atoms with Gasteiger partial charge in [-0.3, -0.25) is 0 Å². The summed E-state index contributed by atoms with van der Waals surface area (Å²) in [6.07, 6.45) is 1.83. The largest absolute Gasteiger partial charge is 0.329 e. The molecule has 0 fully saturated rings. The molecule has 0 aliphatic carbocycles. The maximum atomic E-state index is 4.51. The molecular formula is C14H16BrN3. The van der Waals surface area contributed by atoms with Crippen molar-refractivity contribution in [2.45, 2.75) is 6.54 Å². The molecule has 0 aliphatic rings. The summed E-state index contributed by atoms with van der Waals surface area (Å²) in [5, 5.41) is 3.17. The molecule has 94 valence electrons. The van der Waals surface area contributed by atoms with Crippen LogP contribution in [0.3, 0.4) is 0 Å². The van der Waals surface area contributed by atoms with Gasteiger partial charge in [-0.05, 0) is 41.2 Å². The molecule has 0 aliphatic heterocycles. The van der Waals surface area contributed by atoms with Gasteiger partial charge in [-0.25, -0.2) is 4.98 Å². The van der Waals surface area contributed by atoms with E-state index in [0.717, 1.165) is 22.5 Å². The molecule has 1 heterocycles. The number of nitrogens with zero attached hydrogens (tertiary/aromatic N) is 2. The van der Waals surface area contributed by atoms with Crippen LogP contribution in [0.25, 0.3) is 0 Å². The molecule has 2 aromatic rings. The summed E-state index contributed by atoms with van der Waals surface area (Å²) in [6, 6.07) is 12.3. The van der Waals surface area contributed by atoms with Crippen molar-refractivity contribution < 1.29 is 0 Å². The first-order valence-electron chi connectivity index (χ1n) is 5.80. The number of para-hydroxylation sites is 1. The molecule has 2 rings (SSSR count). The van der Waals surface area contributed by atoms with Crippen LogP contribution < -0.4 is 10.2 Å². The zero-order chi connectivity index (χ0) is 13.0. The van der Waals surface area contributed by atoms with Gasteiger partial charge in [0, 0.05) is 35.5 Å². The zero-order valence-corrected chi connectivity index (χ0v) is 12.1. The number of benzene rings is 1. The van der Waals surface area contributed by atoms with Crippen LogP contribution in [-0.2, 0) is 6.54 Å². The first-order chi connectivity index (χ1) is 8.72. The van der Waals surface area contributed by atoms with Crippen LogP contribution in [0.4, 0.5) is 11.5 Å². The summed E-state index contributed by atoms with van der Waals surface area (Å²) < 4.78 is 0.998. The lowest BCUT2D eigenvalue weighted by Crippen LogP contribution is -2.16. The van der Waals surface area contributed by atoms with Crippen molar-refractivity contribution in [2.75, 3.05) is 19.0 Å². The van der Waals surface area contributed by atoms with Crippen LogP contribution in [0.5, 0.6) is 0 Å². The number of hydrogen-bond acceptors (Lipinski definition) is 3. The smallest absolute Gasteiger partial charge is 0.137 e. The van der Waals surface area contributed by atoms with Crippen LogP contribution >= 0.6 is 15.9 Å². The Kier molecular flexibility index (Phi) is 4.33. The summed E-state index contributed by atoms with van der Waals surface area (Å²) in [5.41, 5.74) is 2.29. The molecule has 0 bridgehead atoms. The highest BCUT2D eigenvalue weighted by Crippen LogP contribution is 2.26. The van der Waals surface area contributed by atoms with E-state index >= 15 is 0 Å². The van der Waals surface area contributed by atoms with E-state index < -0.39 is 0 Å². The van der Waals surface area contributed by atoms with E-state index in [1.54, 1.807) is 0 Å². The van der Waals surface area contributed by atoms with Crippen LogP contribution in [0.15, 0.2) is 47.1 Å². The number of aromatic nitrogens is 1. The third-order valence-corrected chi connectivity index (χ3v) is 3.17. The fourth-order valence-electron chi connectivity index (χ4n) is 1.87. The minimum absolute atomic E-state index is 0.791. The van der Waals surface area contributed by atoms with Crippen LogP contribution in [-0.4, -0.2) is 19.1 Å². The van der Waals surface area contributed by atoms with Gasteiger partial charge in [0.15, 0.2) is 0 Å². The fourth-order valence-corrected chi connectivity index (χ4v) is 2.25. The van der Waals surface area contributed by atoms with E-state index in [2.05, 4.69) is 49.3 Å². The van der Waals surface area contributed by atoms with Crippen LogP contribution in [0.1, 0.15) is 5.56 Å². The molecule has 0 amide bonds. The van der Waals surface area contributed by atoms with Crippen molar-refractivity contribution in [2.24, 2.45) is 0 Å². The number of nitrogens with one attached hydrogen (secondary N) is 1. The zero-order valence-electron chi connectivity index (χ0n) is 10.5. The second-order valence-corrected chi connectivity index (χ2v) is 4.98. The molecule has 0 spiro atoms. The second-order valence-electron chi connectivity index (χ2n) is 4.06.